The van der Waals surface area contributed by atoms with Crippen LogP contribution in [0.25, 0.3) is 0 Å². The predicted octanol–water partition coefficient (Wildman–Crippen LogP) is 2.12. The molecule has 0 aromatic heterocycles. The van der Waals surface area contributed by atoms with E-state index in [4.69, 9.17) is 4.74 Å². The third-order valence-electron chi connectivity index (χ3n) is 5.05. The molecule has 1 saturated heterocycles. The number of carbonyl (C=O) groups excluding carboxylic acids is 1. The van der Waals surface area contributed by atoms with Crippen LogP contribution < -0.4 is 26.0 Å². The second-order valence-electron chi connectivity index (χ2n) is 7.25. The fourth-order valence-electron chi connectivity index (χ4n) is 3.40. The average Bonchev–Trinajstić information content (AvgIpc) is 3.27. The molecule has 0 spiro atoms. The van der Waals surface area contributed by atoms with Crippen molar-refractivity contribution in [2.75, 3.05) is 31.5 Å². The molecule has 2 aromatic rings. The van der Waals surface area contributed by atoms with E-state index in [2.05, 4.69) is 26.3 Å². The maximum Gasteiger partial charge on any atom is 0.251 e. The minimum Gasteiger partial charge on any atom is -0.490 e. The van der Waals surface area contributed by atoms with Crippen LogP contribution in [0.15, 0.2) is 53.5 Å². The van der Waals surface area contributed by atoms with E-state index in [0.29, 0.717) is 12.1 Å². The summed E-state index contributed by atoms with van der Waals surface area (Å²) in [5.74, 6) is 1.53. The number of rotatable bonds is 6. The quantitative estimate of drug-likeness (QED) is 0.604. The topological polar surface area (TPSA) is 86.8 Å². The van der Waals surface area contributed by atoms with Crippen molar-refractivity contribution >= 4 is 17.6 Å². The second-order valence-corrected chi connectivity index (χ2v) is 7.25. The summed E-state index contributed by atoms with van der Waals surface area (Å²) in [6.45, 7) is 4.14. The monoisotopic (exact) mass is 393 g/mol. The van der Waals surface area contributed by atoms with Crippen LogP contribution in [0.3, 0.4) is 0 Å². The molecule has 7 heteroatoms. The lowest BCUT2D eigenvalue weighted by Gasteiger charge is -2.23. The Morgan fingerprint density at radius 3 is 2.48 bits per heavy atom. The van der Waals surface area contributed by atoms with Crippen LogP contribution in [0.4, 0.5) is 5.69 Å². The van der Waals surface area contributed by atoms with Gasteiger partial charge in [-0.2, -0.15) is 0 Å². The highest BCUT2D eigenvalue weighted by molar-refractivity contribution is 5.95. The Kier molecular flexibility index (Phi) is 6.26. The minimum absolute atomic E-state index is 0.0925. The SMILES string of the molecule is O=C(NCc1ccc(NC2=NCCN2)cc1)c1ccc(OC2CCNCC2)cc1. The van der Waals surface area contributed by atoms with Gasteiger partial charge in [-0.15, -0.1) is 0 Å². The normalized spacial score (nSPS) is 16.6. The van der Waals surface area contributed by atoms with Gasteiger partial charge < -0.3 is 26.0 Å². The van der Waals surface area contributed by atoms with Gasteiger partial charge in [0.25, 0.3) is 5.91 Å². The Balaban J connectivity index is 1.25. The van der Waals surface area contributed by atoms with Crippen LogP contribution in [0.2, 0.25) is 0 Å². The molecule has 152 valence electrons. The summed E-state index contributed by atoms with van der Waals surface area (Å²) in [5.41, 5.74) is 2.64. The van der Waals surface area contributed by atoms with Gasteiger partial charge in [0.1, 0.15) is 11.9 Å². The Hall–Kier alpha value is -3.06. The van der Waals surface area contributed by atoms with Gasteiger partial charge in [-0.25, -0.2) is 0 Å². The molecule has 7 nitrogen and oxygen atoms in total. The number of anilines is 1. The van der Waals surface area contributed by atoms with Gasteiger partial charge in [0.2, 0.25) is 0 Å². The Morgan fingerprint density at radius 1 is 1.03 bits per heavy atom. The number of piperidine rings is 1. The first-order chi connectivity index (χ1) is 14.3. The highest BCUT2D eigenvalue weighted by Crippen LogP contribution is 2.17. The molecular formula is C22H27N5O2. The van der Waals surface area contributed by atoms with Gasteiger partial charge in [-0.3, -0.25) is 9.79 Å². The molecule has 4 rings (SSSR count). The van der Waals surface area contributed by atoms with Crippen molar-refractivity contribution < 1.29 is 9.53 Å². The van der Waals surface area contributed by atoms with Gasteiger partial charge in [0.05, 0.1) is 6.54 Å². The zero-order valence-corrected chi connectivity index (χ0v) is 16.4. The Bertz CT molecular complexity index is 843. The van der Waals surface area contributed by atoms with Crippen LogP contribution in [0.5, 0.6) is 5.75 Å². The molecule has 4 N–H and O–H groups in total. The molecular weight excluding hydrogens is 366 g/mol. The summed E-state index contributed by atoms with van der Waals surface area (Å²) in [4.78, 5) is 16.7. The van der Waals surface area contributed by atoms with E-state index in [9.17, 15) is 4.79 Å². The zero-order valence-electron chi connectivity index (χ0n) is 16.4. The molecule has 0 radical (unpaired) electrons. The standard InChI is InChI=1S/C22H27N5O2/c28-21(17-3-7-19(8-4-17)29-20-9-11-23-12-10-20)26-15-16-1-5-18(6-2-16)27-22-24-13-14-25-22/h1-8,20,23H,9-15H2,(H,26,28)(H2,24,25,27). The number of amides is 1. The fourth-order valence-corrected chi connectivity index (χ4v) is 3.40. The fraction of sp³-hybridized carbons (Fsp3) is 0.364. The van der Waals surface area contributed by atoms with E-state index in [-0.39, 0.29) is 12.0 Å². The average molecular weight is 393 g/mol. The first-order valence-corrected chi connectivity index (χ1v) is 10.2. The number of guanidine groups is 1. The number of benzene rings is 2. The van der Waals surface area contributed by atoms with Crippen molar-refractivity contribution in [3.05, 3.63) is 59.7 Å². The van der Waals surface area contributed by atoms with Gasteiger partial charge in [-0.1, -0.05) is 12.1 Å². The molecule has 29 heavy (non-hydrogen) atoms. The van der Waals surface area contributed by atoms with Crippen molar-refractivity contribution in [2.45, 2.75) is 25.5 Å². The maximum absolute atomic E-state index is 12.4. The number of carbonyl (C=O) groups is 1. The molecule has 0 unspecified atom stereocenters. The summed E-state index contributed by atoms with van der Waals surface area (Å²) in [6.07, 6.45) is 2.28. The number of nitrogens with one attached hydrogen (secondary N) is 4. The molecule has 1 fully saturated rings. The molecule has 0 bridgehead atoms. The Morgan fingerprint density at radius 2 is 1.79 bits per heavy atom. The molecule has 2 heterocycles. The summed E-state index contributed by atoms with van der Waals surface area (Å²) in [5, 5.41) is 12.7. The van der Waals surface area contributed by atoms with E-state index in [1.165, 1.54) is 0 Å². The predicted molar refractivity (Wildman–Crippen MR) is 115 cm³/mol. The van der Waals surface area contributed by atoms with E-state index < -0.39 is 0 Å². The van der Waals surface area contributed by atoms with Crippen molar-refractivity contribution in [3.8, 4) is 5.75 Å². The van der Waals surface area contributed by atoms with Crippen LogP contribution in [-0.4, -0.2) is 44.1 Å². The molecule has 0 aliphatic carbocycles. The summed E-state index contributed by atoms with van der Waals surface area (Å²) in [6, 6.07) is 15.3. The van der Waals surface area contributed by atoms with Crippen LogP contribution in [0.1, 0.15) is 28.8 Å². The lowest BCUT2D eigenvalue weighted by atomic mass is 10.1. The third kappa shape index (κ3) is 5.48. The van der Waals surface area contributed by atoms with Gasteiger partial charge in [0, 0.05) is 24.3 Å². The highest BCUT2D eigenvalue weighted by Gasteiger charge is 2.14. The molecule has 2 aliphatic heterocycles. The van der Waals surface area contributed by atoms with E-state index >= 15 is 0 Å². The molecule has 0 saturated carbocycles. The largest absolute Gasteiger partial charge is 0.490 e. The summed E-state index contributed by atoms with van der Waals surface area (Å²) < 4.78 is 5.99. The number of aliphatic imine (C=N–C) groups is 1. The molecule has 2 aliphatic rings. The van der Waals surface area contributed by atoms with Crippen LogP contribution in [-0.2, 0) is 6.54 Å². The maximum atomic E-state index is 12.4. The molecule has 0 atom stereocenters. The lowest BCUT2D eigenvalue weighted by Crippen LogP contribution is -2.34. The first-order valence-electron chi connectivity index (χ1n) is 10.2. The van der Waals surface area contributed by atoms with Crippen molar-refractivity contribution in [2.24, 2.45) is 4.99 Å². The van der Waals surface area contributed by atoms with E-state index in [1.54, 1.807) is 0 Å². The van der Waals surface area contributed by atoms with Crippen LogP contribution in [0, 0.1) is 0 Å². The van der Waals surface area contributed by atoms with Crippen LogP contribution >= 0.6 is 0 Å². The van der Waals surface area contributed by atoms with Gasteiger partial charge in [-0.05, 0) is 67.9 Å². The summed E-state index contributed by atoms with van der Waals surface area (Å²) >= 11 is 0. The number of hydrogen-bond donors (Lipinski definition) is 4. The smallest absolute Gasteiger partial charge is 0.251 e. The van der Waals surface area contributed by atoms with Crippen molar-refractivity contribution in [1.29, 1.82) is 0 Å². The van der Waals surface area contributed by atoms with Gasteiger partial charge >= 0.3 is 0 Å². The molecule has 2 aromatic carbocycles. The minimum atomic E-state index is -0.0925. The van der Waals surface area contributed by atoms with E-state index in [0.717, 1.165) is 62.0 Å². The number of ether oxygens (including phenoxy) is 1. The molecule has 1 amide bonds. The lowest BCUT2D eigenvalue weighted by molar-refractivity contribution is 0.0951. The third-order valence-corrected chi connectivity index (χ3v) is 5.05. The van der Waals surface area contributed by atoms with Gasteiger partial charge in [0.15, 0.2) is 5.96 Å². The first kappa shape index (κ1) is 19.3. The zero-order chi connectivity index (χ0) is 19.9. The van der Waals surface area contributed by atoms with Crippen molar-refractivity contribution in [3.63, 3.8) is 0 Å². The Labute approximate surface area is 170 Å². The van der Waals surface area contributed by atoms with Crippen molar-refractivity contribution in [1.82, 2.24) is 16.0 Å². The number of nitrogens with zero attached hydrogens (tertiary/aromatic N) is 1. The highest BCUT2D eigenvalue weighted by atomic mass is 16.5. The number of hydrogen-bond acceptors (Lipinski definition) is 6. The van der Waals surface area contributed by atoms with E-state index in [1.807, 2.05) is 48.5 Å². The second kappa shape index (κ2) is 9.43. The summed E-state index contributed by atoms with van der Waals surface area (Å²) in [7, 11) is 0.